The topological polar surface area (TPSA) is 71.5 Å². The molecule has 8 heteroatoms. The second-order valence-electron chi connectivity index (χ2n) is 5.92. The molecular formula is C19H14BrN3O3S. The molecule has 3 aromatic rings. The zero-order chi connectivity index (χ0) is 19.0. The van der Waals surface area contributed by atoms with Crippen molar-refractivity contribution in [1.29, 1.82) is 0 Å². The van der Waals surface area contributed by atoms with Gasteiger partial charge in [0, 0.05) is 28.0 Å². The number of benzene rings is 2. The average Bonchev–Trinajstić information content (AvgIpc) is 3.13. The lowest BCUT2D eigenvalue weighted by Crippen LogP contribution is -2.35. The number of anilines is 2. The Morgan fingerprint density at radius 1 is 1.26 bits per heavy atom. The lowest BCUT2D eigenvalue weighted by molar-refractivity contribution is -0.120. The molecule has 0 fully saturated rings. The van der Waals surface area contributed by atoms with Gasteiger partial charge >= 0.3 is 0 Å². The van der Waals surface area contributed by atoms with Crippen LogP contribution < -0.4 is 15.0 Å². The van der Waals surface area contributed by atoms with E-state index in [1.54, 1.807) is 24.1 Å². The van der Waals surface area contributed by atoms with Gasteiger partial charge in [0.2, 0.25) is 0 Å². The third-order valence-electron chi connectivity index (χ3n) is 4.17. The van der Waals surface area contributed by atoms with E-state index in [1.807, 2.05) is 35.7 Å². The minimum Gasteiger partial charge on any atom is -0.482 e. The van der Waals surface area contributed by atoms with Gasteiger partial charge in [0.1, 0.15) is 5.75 Å². The smallest absolute Gasteiger partial charge is 0.264 e. The molecule has 2 aromatic carbocycles. The van der Waals surface area contributed by atoms with E-state index < -0.39 is 0 Å². The standard InChI is InChI=1S/C19H14BrN3O3S/c1-23-15-8-12(4-7-16(15)26-9-17(23)24)14-10-27-19(21-14)22-18(25)11-2-5-13(20)6-3-11/h2-8,10H,9H2,1H3,(H,21,22,25). The van der Waals surface area contributed by atoms with Crippen LogP contribution in [0.3, 0.4) is 0 Å². The molecule has 27 heavy (non-hydrogen) atoms. The van der Waals surface area contributed by atoms with Gasteiger partial charge in [-0.3, -0.25) is 14.9 Å². The van der Waals surface area contributed by atoms with Crippen LogP contribution in [-0.2, 0) is 4.79 Å². The summed E-state index contributed by atoms with van der Waals surface area (Å²) in [7, 11) is 1.72. The van der Waals surface area contributed by atoms with Crippen LogP contribution in [0.4, 0.5) is 10.8 Å². The third-order valence-corrected chi connectivity index (χ3v) is 5.46. The second kappa shape index (κ2) is 7.13. The number of thiazole rings is 1. The Kier molecular flexibility index (Phi) is 4.67. The van der Waals surface area contributed by atoms with Crippen molar-refractivity contribution in [1.82, 2.24) is 4.98 Å². The number of fused-ring (bicyclic) bond motifs is 1. The van der Waals surface area contributed by atoms with E-state index in [4.69, 9.17) is 4.74 Å². The largest absolute Gasteiger partial charge is 0.482 e. The normalized spacial score (nSPS) is 13.1. The molecule has 0 spiro atoms. The Morgan fingerprint density at radius 3 is 2.81 bits per heavy atom. The number of halogens is 1. The highest BCUT2D eigenvalue weighted by Crippen LogP contribution is 2.36. The molecule has 1 N–H and O–H groups in total. The molecular weight excluding hydrogens is 430 g/mol. The van der Waals surface area contributed by atoms with Crippen molar-refractivity contribution in [2.45, 2.75) is 0 Å². The summed E-state index contributed by atoms with van der Waals surface area (Å²) in [4.78, 5) is 30.2. The zero-order valence-electron chi connectivity index (χ0n) is 14.2. The lowest BCUT2D eigenvalue weighted by Gasteiger charge is -2.26. The van der Waals surface area contributed by atoms with E-state index >= 15 is 0 Å². The Labute approximate surface area is 167 Å². The first-order valence-corrected chi connectivity index (χ1v) is 9.75. The Balaban J connectivity index is 1.55. The number of nitrogens with one attached hydrogen (secondary N) is 1. The summed E-state index contributed by atoms with van der Waals surface area (Å²) in [5.41, 5.74) is 2.83. The van der Waals surface area contributed by atoms with E-state index in [1.165, 1.54) is 11.3 Å². The van der Waals surface area contributed by atoms with E-state index in [9.17, 15) is 9.59 Å². The van der Waals surface area contributed by atoms with Crippen LogP contribution in [0.2, 0.25) is 0 Å². The fourth-order valence-electron chi connectivity index (χ4n) is 2.67. The molecule has 136 valence electrons. The minimum absolute atomic E-state index is 0.0474. The van der Waals surface area contributed by atoms with Crippen LogP contribution >= 0.6 is 27.3 Å². The number of amides is 2. The SMILES string of the molecule is CN1C(=O)COc2ccc(-c3csc(NC(=O)c4ccc(Br)cc4)n3)cc21. The molecule has 0 atom stereocenters. The summed E-state index contributed by atoms with van der Waals surface area (Å²) in [5, 5.41) is 5.19. The first-order valence-electron chi connectivity index (χ1n) is 8.07. The molecule has 0 bridgehead atoms. The molecule has 2 amide bonds. The summed E-state index contributed by atoms with van der Waals surface area (Å²) in [5.74, 6) is 0.354. The van der Waals surface area contributed by atoms with Crippen molar-refractivity contribution < 1.29 is 14.3 Å². The number of nitrogens with zero attached hydrogens (tertiary/aromatic N) is 2. The Hall–Kier alpha value is -2.71. The number of carbonyl (C=O) groups excluding carboxylic acids is 2. The van der Waals surface area contributed by atoms with Crippen molar-refractivity contribution in [3.05, 3.63) is 57.9 Å². The van der Waals surface area contributed by atoms with Gasteiger partial charge in [0.25, 0.3) is 11.8 Å². The zero-order valence-corrected chi connectivity index (χ0v) is 16.6. The summed E-state index contributed by atoms with van der Waals surface area (Å²) < 4.78 is 6.36. The molecule has 1 aliphatic heterocycles. The van der Waals surface area contributed by atoms with Crippen LogP contribution in [0, 0.1) is 0 Å². The van der Waals surface area contributed by atoms with Crippen LogP contribution in [0.5, 0.6) is 5.75 Å². The number of carbonyl (C=O) groups is 2. The van der Waals surface area contributed by atoms with E-state index in [-0.39, 0.29) is 18.4 Å². The predicted molar refractivity (Wildman–Crippen MR) is 109 cm³/mol. The number of aromatic nitrogens is 1. The monoisotopic (exact) mass is 443 g/mol. The van der Waals surface area contributed by atoms with Gasteiger partial charge < -0.3 is 9.64 Å². The van der Waals surface area contributed by atoms with E-state index in [0.717, 1.165) is 15.7 Å². The number of rotatable bonds is 3. The molecule has 1 aliphatic rings. The van der Waals surface area contributed by atoms with E-state index in [2.05, 4.69) is 26.2 Å². The Morgan fingerprint density at radius 2 is 2.04 bits per heavy atom. The van der Waals surface area contributed by atoms with Crippen molar-refractivity contribution in [2.24, 2.45) is 0 Å². The number of ether oxygens (including phenoxy) is 1. The minimum atomic E-state index is -0.215. The first-order chi connectivity index (χ1) is 13.0. The first kappa shape index (κ1) is 17.7. The molecule has 4 rings (SSSR count). The summed E-state index contributed by atoms with van der Waals surface area (Å²) in [6.07, 6.45) is 0. The highest BCUT2D eigenvalue weighted by molar-refractivity contribution is 9.10. The van der Waals surface area contributed by atoms with Crippen LogP contribution in [0.15, 0.2) is 52.3 Å². The molecule has 2 heterocycles. The van der Waals surface area contributed by atoms with Gasteiger partial charge in [-0.25, -0.2) is 4.98 Å². The van der Waals surface area contributed by atoms with Gasteiger partial charge in [-0.05, 0) is 42.5 Å². The average molecular weight is 444 g/mol. The van der Waals surface area contributed by atoms with Crippen molar-refractivity contribution in [3.63, 3.8) is 0 Å². The van der Waals surface area contributed by atoms with Crippen molar-refractivity contribution >= 4 is 49.9 Å². The number of hydrogen-bond acceptors (Lipinski definition) is 5. The molecule has 0 radical (unpaired) electrons. The number of hydrogen-bond donors (Lipinski definition) is 1. The van der Waals surface area contributed by atoms with Crippen molar-refractivity contribution in [2.75, 3.05) is 23.9 Å². The third kappa shape index (κ3) is 3.58. The highest BCUT2D eigenvalue weighted by atomic mass is 79.9. The fraction of sp³-hybridized carbons (Fsp3) is 0.105. The molecule has 0 saturated heterocycles. The van der Waals surface area contributed by atoms with Gasteiger partial charge in [0.05, 0.1) is 11.4 Å². The fourth-order valence-corrected chi connectivity index (χ4v) is 3.64. The Bertz CT molecular complexity index is 1030. The molecule has 6 nitrogen and oxygen atoms in total. The molecule has 1 aromatic heterocycles. The van der Waals surface area contributed by atoms with Gasteiger partial charge in [0.15, 0.2) is 11.7 Å². The summed E-state index contributed by atoms with van der Waals surface area (Å²) in [6, 6.07) is 12.7. The predicted octanol–water partition coefficient (Wildman–Crippen LogP) is 4.18. The maximum Gasteiger partial charge on any atom is 0.264 e. The quantitative estimate of drug-likeness (QED) is 0.658. The lowest BCUT2D eigenvalue weighted by atomic mass is 10.1. The maximum absolute atomic E-state index is 12.3. The number of likely N-dealkylation sites (N-methyl/N-ethyl adjacent to an activating group) is 1. The second-order valence-corrected chi connectivity index (χ2v) is 7.70. The molecule has 0 aliphatic carbocycles. The van der Waals surface area contributed by atoms with Gasteiger partial charge in [-0.2, -0.15) is 0 Å². The molecule has 0 unspecified atom stereocenters. The van der Waals surface area contributed by atoms with Crippen LogP contribution in [0.1, 0.15) is 10.4 Å². The van der Waals surface area contributed by atoms with Gasteiger partial charge in [-0.1, -0.05) is 15.9 Å². The van der Waals surface area contributed by atoms with E-state index in [0.29, 0.717) is 22.1 Å². The van der Waals surface area contributed by atoms with Crippen molar-refractivity contribution in [3.8, 4) is 17.0 Å². The molecule has 0 saturated carbocycles. The van der Waals surface area contributed by atoms with Gasteiger partial charge in [-0.15, -0.1) is 11.3 Å². The van der Waals surface area contributed by atoms with Crippen LogP contribution in [0.25, 0.3) is 11.3 Å². The summed E-state index contributed by atoms with van der Waals surface area (Å²) >= 11 is 4.69. The highest BCUT2D eigenvalue weighted by Gasteiger charge is 2.23. The maximum atomic E-state index is 12.3. The summed E-state index contributed by atoms with van der Waals surface area (Å²) in [6.45, 7) is 0.0474. The van der Waals surface area contributed by atoms with Crippen LogP contribution in [-0.4, -0.2) is 30.5 Å².